The first kappa shape index (κ1) is 20.9. The van der Waals surface area contributed by atoms with Crippen LogP contribution in [0.1, 0.15) is 31.2 Å². The van der Waals surface area contributed by atoms with Gasteiger partial charge < -0.3 is 15.4 Å². The number of rotatable bonds is 5. The van der Waals surface area contributed by atoms with E-state index in [1.807, 2.05) is 0 Å². The highest BCUT2D eigenvalue weighted by Gasteiger charge is 2.28. The number of nitrogens with one attached hydrogen (secondary N) is 2. The average molecular weight is 457 g/mol. The molecule has 0 aliphatic heterocycles. The van der Waals surface area contributed by atoms with Gasteiger partial charge in [0.15, 0.2) is 12.6 Å². The van der Waals surface area contributed by atoms with Crippen LogP contribution in [0.2, 0.25) is 0 Å². The second-order valence-electron chi connectivity index (χ2n) is 5.60. The number of halogens is 4. The number of aliphatic imine (C=N–C) groups is 1. The minimum atomic E-state index is -4.32. The molecule has 1 saturated carbocycles. The van der Waals surface area contributed by atoms with Crippen molar-refractivity contribution in [2.75, 3.05) is 13.7 Å². The molecule has 0 amide bonds. The molecule has 0 radical (unpaired) electrons. The molecule has 1 aromatic carbocycles. The summed E-state index contributed by atoms with van der Waals surface area (Å²) in [7, 11) is 1.72. The molecule has 1 aliphatic rings. The Morgan fingerprint density at radius 1 is 1.21 bits per heavy atom. The van der Waals surface area contributed by atoms with E-state index in [-0.39, 0.29) is 29.7 Å². The van der Waals surface area contributed by atoms with Crippen molar-refractivity contribution < 1.29 is 17.9 Å². The molecule has 0 heterocycles. The number of guanidine groups is 1. The van der Waals surface area contributed by atoms with E-state index in [4.69, 9.17) is 0 Å². The lowest BCUT2D eigenvalue weighted by Gasteiger charge is -2.17. The summed E-state index contributed by atoms with van der Waals surface area (Å²) in [6.07, 6.45) is 0.485. The fourth-order valence-electron chi connectivity index (χ4n) is 2.51. The van der Waals surface area contributed by atoms with E-state index in [1.165, 1.54) is 25.0 Å². The minimum absolute atomic E-state index is 0. The average Bonchev–Trinajstić information content (AvgIpc) is 3.02. The van der Waals surface area contributed by atoms with Crippen molar-refractivity contribution in [3.8, 4) is 5.75 Å². The Hall–Kier alpha value is -1.19. The van der Waals surface area contributed by atoms with Crippen molar-refractivity contribution >= 4 is 29.9 Å². The molecule has 2 N–H and O–H groups in total. The molecule has 0 aromatic heterocycles. The summed E-state index contributed by atoms with van der Waals surface area (Å²) in [6.45, 7) is -0.728. The van der Waals surface area contributed by atoms with Crippen LogP contribution < -0.4 is 15.4 Å². The van der Waals surface area contributed by atoms with Crippen molar-refractivity contribution in [3.63, 3.8) is 0 Å². The number of alkyl halides is 3. The van der Waals surface area contributed by atoms with Crippen molar-refractivity contribution in [1.29, 1.82) is 0 Å². The van der Waals surface area contributed by atoms with Crippen LogP contribution in [0.25, 0.3) is 0 Å². The zero-order chi connectivity index (χ0) is 16.7. The third kappa shape index (κ3) is 7.59. The molecule has 2 rings (SSSR count). The Morgan fingerprint density at radius 2 is 1.83 bits per heavy atom. The lowest BCUT2D eigenvalue weighted by atomic mass is 10.2. The summed E-state index contributed by atoms with van der Waals surface area (Å²) in [5, 5.41) is 6.58. The number of ether oxygens (including phenoxy) is 1. The maximum Gasteiger partial charge on any atom is 0.422 e. The van der Waals surface area contributed by atoms with E-state index in [0.717, 1.165) is 24.4 Å². The van der Waals surface area contributed by atoms with E-state index in [2.05, 4.69) is 20.4 Å². The summed E-state index contributed by atoms with van der Waals surface area (Å²) in [5.74, 6) is 0.953. The molecule has 24 heavy (non-hydrogen) atoms. The predicted molar refractivity (Wildman–Crippen MR) is 99.0 cm³/mol. The van der Waals surface area contributed by atoms with Gasteiger partial charge in [-0.2, -0.15) is 13.2 Å². The van der Waals surface area contributed by atoms with E-state index in [1.54, 1.807) is 19.2 Å². The van der Waals surface area contributed by atoms with Gasteiger partial charge in [-0.15, -0.1) is 24.0 Å². The summed E-state index contributed by atoms with van der Waals surface area (Å²) < 4.78 is 40.9. The van der Waals surface area contributed by atoms with E-state index >= 15 is 0 Å². The van der Waals surface area contributed by atoms with Gasteiger partial charge in [0, 0.05) is 19.6 Å². The van der Waals surface area contributed by atoms with Crippen molar-refractivity contribution in [1.82, 2.24) is 10.6 Å². The van der Waals surface area contributed by atoms with Crippen molar-refractivity contribution in [2.24, 2.45) is 4.99 Å². The van der Waals surface area contributed by atoms with Crippen LogP contribution in [0.5, 0.6) is 5.75 Å². The van der Waals surface area contributed by atoms with Crippen LogP contribution >= 0.6 is 24.0 Å². The number of benzene rings is 1. The highest BCUT2D eigenvalue weighted by Crippen LogP contribution is 2.19. The summed E-state index contributed by atoms with van der Waals surface area (Å²) in [5.41, 5.74) is 0.943. The third-order valence-corrected chi connectivity index (χ3v) is 3.71. The highest BCUT2D eigenvalue weighted by molar-refractivity contribution is 14.0. The molecular weight excluding hydrogens is 434 g/mol. The van der Waals surface area contributed by atoms with Crippen LogP contribution in [0.15, 0.2) is 29.3 Å². The van der Waals surface area contributed by atoms with Gasteiger partial charge in [-0.1, -0.05) is 25.0 Å². The Bertz CT molecular complexity index is 514. The van der Waals surface area contributed by atoms with E-state index in [9.17, 15) is 13.2 Å². The number of hydrogen-bond donors (Lipinski definition) is 2. The zero-order valence-corrected chi connectivity index (χ0v) is 15.9. The molecule has 0 unspecified atom stereocenters. The van der Waals surface area contributed by atoms with Gasteiger partial charge in [0.25, 0.3) is 0 Å². The molecule has 136 valence electrons. The van der Waals surface area contributed by atoms with Crippen LogP contribution in [-0.2, 0) is 6.54 Å². The van der Waals surface area contributed by atoms with E-state index in [0.29, 0.717) is 12.6 Å². The smallest absolute Gasteiger partial charge is 0.422 e. The monoisotopic (exact) mass is 457 g/mol. The van der Waals surface area contributed by atoms with Crippen LogP contribution in [0.3, 0.4) is 0 Å². The van der Waals surface area contributed by atoms with Crippen molar-refractivity contribution in [3.05, 3.63) is 29.8 Å². The Morgan fingerprint density at radius 3 is 2.38 bits per heavy atom. The molecule has 4 nitrogen and oxygen atoms in total. The summed E-state index contributed by atoms with van der Waals surface area (Å²) in [4.78, 5) is 4.19. The summed E-state index contributed by atoms with van der Waals surface area (Å²) >= 11 is 0. The normalized spacial score (nSPS) is 15.8. The van der Waals surface area contributed by atoms with Gasteiger partial charge in [-0.25, -0.2) is 0 Å². The molecule has 1 fully saturated rings. The maximum atomic E-state index is 12.1. The first-order valence-corrected chi connectivity index (χ1v) is 7.72. The molecule has 8 heteroatoms. The third-order valence-electron chi connectivity index (χ3n) is 3.71. The maximum absolute atomic E-state index is 12.1. The fraction of sp³-hybridized carbons (Fsp3) is 0.562. The highest BCUT2D eigenvalue weighted by atomic mass is 127. The number of nitrogens with zero attached hydrogens (tertiary/aromatic N) is 1. The second-order valence-corrected chi connectivity index (χ2v) is 5.60. The van der Waals surface area contributed by atoms with Gasteiger partial charge in [0.2, 0.25) is 0 Å². The second kappa shape index (κ2) is 9.95. The SMILES string of the molecule is CN=C(NCc1ccc(OCC(F)(F)F)cc1)NC1CCCC1.I. The molecule has 1 aromatic rings. The Balaban J connectivity index is 0.00000288. The molecular formula is C16H23F3IN3O. The molecule has 1 aliphatic carbocycles. The minimum Gasteiger partial charge on any atom is -0.484 e. The first-order valence-electron chi connectivity index (χ1n) is 7.72. The van der Waals surface area contributed by atoms with Gasteiger partial charge in [-0.05, 0) is 30.5 Å². The van der Waals surface area contributed by atoms with Gasteiger partial charge in [0.1, 0.15) is 5.75 Å². The topological polar surface area (TPSA) is 45.7 Å². The van der Waals surface area contributed by atoms with E-state index < -0.39 is 12.8 Å². The van der Waals surface area contributed by atoms with Gasteiger partial charge in [-0.3, -0.25) is 4.99 Å². The lowest BCUT2D eigenvalue weighted by molar-refractivity contribution is -0.153. The Kier molecular flexibility index (Phi) is 8.65. The van der Waals surface area contributed by atoms with Crippen molar-refractivity contribution in [2.45, 2.75) is 44.4 Å². The Labute approximate surface area is 157 Å². The standard InChI is InChI=1S/C16H22F3N3O.HI/c1-20-15(22-13-4-2-3-5-13)21-10-12-6-8-14(9-7-12)23-11-16(17,18)19;/h6-9,13H,2-5,10-11H2,1H3,(H2,20,21,22);1H. The van der Waals surface area contributed by atoms with Gasteiger partial charge in [0.05, 0.1) is 0 Å². The molecule has 0 atom stereocenters. The van der Waals surface area contributed by atoms with Crippen LogP contribution in [0.4, 0.5) is 13.2 Å². The first-order chi connectivity index (χ1) is 11.0. The molecule has 0 saturated heterocycles. The lowest BCUT2D eigenvalue weighted by Crippen LogP contribution is -2.41. The largest absolute Gasteiger partial charge is 0.484 e. The quantitative estimate of drug-likeness (QED) is 0.401. The zero-order valence-electron chi connectivity index (χ0n) is 13.5. The fourth-order valence-corrected chi connectivity index (χ4v) is 2.51. The van der Waals surface area contributed by atoms with Gasteiger partial charge >= 0.3 is 6.18 Å². The van der Waals surface area contributed by atoms with Crippen LogP contribution in [-0.4, -0.2) is 31.8 Å². The molecule has 0 bridgehead atoms. The molecule has 0 spiro atoms. The summed E-state index contributed by atoms with van der Waals surface area (Å²) in [6, 6.07) is 7.02. The predicted octanol–water partition coefficient (Wildman–Crippen LogP) is 3.85. The number of hydrogen-bond acceptors (Lipinski definition) is 2. The van der Waals surface area contributed by atoms with Crippen LogP contribution in [0, 0.1) is 0 Å².